The molecule has 0 aliphatic heterocycles. The summed E-state index contributed by atoms with van der Waals surface area (Å²) in [5.74, 6) is 1.46. The number of nitrogens with one attached hydrogen (secondary N) is 2. The number of methoxy groups -OCH3 is 1. The SMILES string of the molecule is COc1ccc(CN=C(NCC(=O)N(C)C)NCC(C)(C)SC)cc1.I. The minimum absolute atomic E-state index is 0. The Balaban J connectivity index is 0.00000625. The number of nitrogens with zero attached hydrogens (tertiary/aromatic N) is 2. The molecule has 0 radical (unpaired) electrons. The van der Waals surface area contributed by atoms with E-state index in [0.717, 1.165) is 17.9 Å². The fraction of sp³-hybridized carbons (Fsp3) is 0.556. The number of carbonyl (C=O) groups excluding carboxylic acids is 1. The van der Waals surface area contributed by atoms with Crippen molar-refractivity contribution in [2.75, 3.05) is 40.6 Å². The number of guanidine groups is 1. The Bertz CT molecular complexity index is 577. The number of hydrogen-bond acceptors (Lipinski definition) is 4. The van der Waals surface area contributed by atoms with Gasteiger partial charge in [-0.25, -0.2) is 4.99 Å². The molecule has 1 amide bonds. The van der Waals surface area contributed by atoms with Crippen LogP contribution in [0.15, 0.2) is 29.3 Å². The van der Waals surface area contributed by atoms with Gasteiger partial charge >= 0.3 is 0 Å². The first-order valence-corrected chi connectivity index (χ1v) is 9.40. The first-order chi connectivity index (χ1) is 11.8. The third-order valence-corrected chi connectivity index (χ3v) is 4.97. The number of aliphatic imine (C=N–C) groups is 1. The molecule has 1 aromatic carbocycles. The minimum Gasteiger partial charge on any atom is -0.497 e. The van der Waals surface area contributed by atoms with Crippen LogP contribution in [0.25, 0.3) is 0 Å². The van der Waals surface area contributed by atoms with Gasteiger partial charge in [0.2, 0.25) is 5.91 Å². The number of thioether (sulfide) groups is 1. The van der Waals surface area contributed by atoms with Crippen LogP contribution in [0.4, 0.5) is 0 Å². The lowest BCUT2D eigenvalue weighted by atomic mass is 10.2. The van der Waals surface area contributed by atoms with Crippen molar-refractivity contribution >= 4 is 47.6 Å². The second-order valence-corrected chi connectivity index (χ2v) is 7.99. The van der Waals surface area contributed by atoms with Gasteiger partial charge in [-0.3, -0.25) is 4.79 Å². The van der Waals surface area contributed by atoms with Crippen LogP contribution in [0, 0.1) is 0 Å². The zero-order valence-corrected chi connectivity index (χ0v) is 19.6. The quantitative estimate of drug-likeness (QED) is 0.331. The molecular weight excluding hydrogens is 463 g/mol. The molecule has 0 bridgehead atoms. The van der Waals surface area contributed by atoms with E-state index in [-0.39, 0.29) is 41.2 Å². The van der Waals surface area contributed by atoms with E-state index in [0.29, 0.717) is 12.5 Å². The number of hydrogen-bond donors (Lipinski definition) is 2. The average molecular weight is 494 g/mol. The zero-order valence-electron chi connectivity index (χ0n) is 16.5. The highest BCUT2D eigenvalue weighted by Crippen LogP contribution is 2.19. The Kier molecular flexibility index (Phi) is 11.7. The van der Waals surface area contributed by atoms with E-state index in [9.17, 15) is 4.79 Å². The van der Waals surface area contributed by atoms with Crippen molar-refractivity contribution < 1.29 is 9.53 Å². The fourth-order valence-corrected chi connectivity index (χ4v) is 1.98. The molecule has 0 saturated carbocycles. The topological polar surface area (TPSA) is 66.0 Å². The molecule has 0 saturated heterocycles. The number of ether oxygens (including phenoxy) is 1. The van der Waals surface area contributed by atoms with Crippen LogP contribution in [0.3, 0.4) is 0 Å². The maximum absolute atomic E-state index is 11.8. The molecule has 0 unspecified atom stereocenters. The molecule has 0 aromatic heterocycles. The summed E-state index contributed by atoms with van der Waals surface area (Å²) < 4.78 is 5.24. The van der Waals surface area contributed by atoms with Crippen LogP contribution in [-0.4, -0.2) is 62.1 Å². The van der Waals surface area contributed by atoms with Gasteiger partial charge in [0.25, 0.3) is 0 Å². The monoisotopic (exact) mass is 494 g/mol. The van der Waals surface area contributed by atoms with E-state index in [4.69, 9.17) is 4.74 Å². The summed E-state index contributed by atoms with van der Waals surface area (Å²) in [6.07, 6.45) is 2.08. The second-order valence-electron chi connectivity index (χ2n) is 6.47. The Labute approximate surface area is 178 Å². The molecule has 0 aliphatic rings. The molecule has 0 heterocycles. The van der Waals surface area contributed by atoms with Crippen molar-refractivity contribution in [3.63, 3.8) is 0 Å². The standard InChI is InChI=1S/C18H30N4O2S.HI/c1-18(2,25-6)13-21-17(20-12-16(23)22(3)4)19-11-14-7-9-15(24-5)10-8-14;/h7-10H,11-13H2,1-6H3,(H2,19,20,21);1H. The van der Waals surface area contributed by atoms with Gasteiger partial charge in [-0.1, -0.05) is 12.1 Å². The van der Waals surface area contributed by atoms with Gasteiger partial charge in [0, 0.05) is 25.4 Å². The highest BCUT2D eigenvalue weighted by atomic mass is 127. The van der Waals surface area contributed by atoms with Crippen LogP contribution in [0.1, 0.15) is 19.4 Å². The van der Waals surface area contributed by atoms with Crippen molar-refractivity contribution in [1.29, 1.82) is 0 Å². The number of rotatable bonds is 8. The summed E-state index contributed by atoms with van der Waals surface area (Å²) >= 11 is 1.78. The summed E-state index contributed by atoms with van der Waals surface area (Å²) in [5, 5.41) is 6.42. The third-order valence-electron chi connectivity index (χ3n) is 3.72. The molecule has 1 rings (SSSR count). The third kappa shape index (κ3) is 9.51. The van der Waals surface area contributed by atoms with Crippen molar-refractivity contribution in [3.8, 4) is 5.75 Å². The van der Waals surface area contributed by atoms with E-state index in [2.05, 4.69) is 35.7 Å². The van der Waals surface area contributed by atoms with Crippen LogP contribution < -0.4 is 15.4 Å². The van der Waals surface area contributed by atoms with E-state index in [1.165, 1.54) is 0 Å². The highest BCUT2D eigenvalue weighted by molar-refractivity contribution is 14.0. The molecule has 8 heteroatoms. The maximum Gasteiger partial charge on any atom is 0.241 e. The number of likely N-dealkylation sites (N-methyl/N-ethyl adjacent to an activating group) is 1. The van der Waals surface area contributed by atoms with E-state index < -0.39 is 0 Å². The Hall–Kier alpha value is -1.16. The summed E-state index contributed by atoms with van der Waals surface area (Å²) in [5.41, 5.74) is 1.07. The Morgan fingerprint density at radius 3 is 2.35 bits per heavy atom. The van der Waals surface area contributed by atoms with Crippen LogP contribution in [0.5, 0.6) is 5.75 Å². The molecule has 0 spiro atoms. The van der Waals surface area contributed by atoms with Gasteiger partial charge in [0.1, 0.15) is 5.75 Å². The lowest BCUT2D eigenvalue weighted by Crippen LogP contribution is -2.46. The molecule has 0 atom stereocenters. The molecule has 1 aromatic rings. The summed E-state index contributed by atoms with van der Waals surface area (Å²) in [4.78, 5) is 18.0. The van der Waals surface area contributed by atoms with Gasteiger partial charge in [-0.15, -0.1) is 24.0 Å². The lowest BCUT2D eigenvalue weighted by Gasteiger charge is -2.24. The van der Waals surface area contributed by atoms with Crippen molar-refractivity contribution in [1.82, 2.24) is 15.5 Å². The Morgan fingerprint density at radius 1 is 1.23 bits per heavy atom. The summed E-state index contributed by atoms with van der Waals surface area (Å²) in [6, 6.07) is 7.79. The fourth-order valence-electron chi connectivity index (χ4n) is 1.76. The predicted octanol–water partition coefficient (Wildman–Crippen LogP) is 2.58. The minimum atomic E-state index is 0. The van der Waals surface area contributed by atoms with Gasteiger partial charge in [-0.05, 0) is 37.8 Å². The van der Waals surface area contributed by atoms with E-state index >= 15 is 0 Å². The van der Waals surface area contributed by atoms with Crippen molar-refractivity contribution in [2.24, 2.45) is 4.99 Å². The molecule has 26 heavy (non-hydrogen) atoms. The molecule has 0 aliphatic carbocycles. The van der Waals surface area contributed by atoms with Gasteiger partial charge < -0.3 is 20.3 Å². The normalized spacial score (nSPS) is 11.4. The second kappa shape index (κ2) is 12.3. The Morgan fingerprint density at radius 2 is 1.85 bits per heavy atom. The molecule has 0 fully saturated rings. The highest BCUT2D eigenvalue weighted by Gasteiger charge is 2.16. The van der Waals surface area contributed by atoms with Crippen LogP contribution in [0.2, 0.25) is 0 Å². The van der Waals surface area contributed by atoms with Crippen molar-refractivity contribution in [2.45, 2.75) is 25.1 Å². The number of halogens is 1. The zero-order chi connectivity index (χ0) is 18.9. The summed E-state index contributed by atoms with van der Waals surface area (Å²) in [6.45, 7) is 5.81. The molecule has 6 nitrogen and oxygen atoms in total. The van der Waals surface area contributed by atoms with E-state index in [1.54, 1.807) is 37.9 Å². The molecule has 2 N–H and O–H groups in total. The van der Waals surface area contributed by atoms with Gasteiger partial charge in [-0.2, -0.15) is 11.8 Å². The number of carbonyl (C=O) groups is 1. The maximum atomic E-state index is 11.8. The lowest BCUT2D eigenvalue weighted by molar-refractivity contribution is -0.127. The smallest absolute Gasteiger partial charge is 0.241 e. The molecular formula is C18H31IN4O2S. The van der Waals surface area contributed by atoms with Crippen molar-refractivity contribution in [3.05, 3.63) is 29.8 Å². The van der Waals surface area contributed by atoms with Gasteiger partial charge in [0.15, 0.2) is 5.96 Å². The predicted molar refractivity (Wildman–Crippen MR) is 122 cm³/mol. The summed E-state index contributed by atoms with van der Waals surface area (Å²) in [7, 11) is 5.12. The largest absolute Gasteiger partial charge is 0.497 e. The number of benzene rings is 1. The van der Waals surface area contributed by atoms with Gasteiger partial charge in [0.05, 0.1) is 20.2 Å². The first-order valence-electron chi connectivity index (χ1n) is 8.18. The van der Waals surface area contributed by atoms with Crippen LogP contribution in [-0.2, 0) is 11.3 Å². The van der Waals surface area contributed by atoms with Crippen LogP contribution >= 0.6 is 35.7 Å². The average Bonchev–Trinajstić information content (AvgIpc) is 2.61. The number of amides is 1. The molecule has 148 valence electrons. The first kappa shape index (κ1) is 24.8. The van der Waals surface area contributed by atoms with E-state index in [1.807, 2.05) is 24.3 Å².